The van der Waals surface area contributed by atoms with Crippen LogP contribution >= 0.6 is 11.6 Å². The van der Waals surface area contributed by atoms with Crippen molar-refractivity contribution in [3.63, 3.8) is 0 Å². The van der Waals surface area contributed by atoms with Crippen molar-refractivity contribution in [2.24, 2.45) is 0 Å². The number of aromatic nitrogens is 1. The first-order valence-corrected chi connectivity index (χ1v) is 4.96. The zero-order valence-electron chi connectivity index (χ0n) is 8.52. The minimum atomic E-state index is -4.36. The van der Waals surface area contributed by atoms with Gasteiger partial charge in [0.25, 0.3) is 0 Å². The molecule has 0 amide bonds. The van der Waals surface area contributed by atoms with Gasteiger partial charge in [-0.05, 0) is 6.07 Å². The molecule has 0 radical (unpaired) electrons. The number of hydrogen-bond acceptors (Lipinski definition) is 3. The fraction of sp³-hybridized carbons (Fsp3) is 0.444. The molecule has 1 heterocycles. The number of anilines is 1. The Bertz CT molecular complexity index is 373. The first-order chi connectivity index (χ1) is 7.88. The maximum atomic E-state index is 13.1. The van der Waals surface area contributed by atoms with Crippen LogP contribution in [0.1, 0.15) is 0 Å². The monoisotopic (exact) mass is 272 g/mol. The van der Waals surface area contributed by atoms with Gasteiger partial charge in [-0.3, -0.25) is 0 Å². The molecule has 0 saturated heterocycles. The van der Waals surface area contributed by atoms with Crippen molar-refractivity contribution in [1.29, 1.82) is 0 Å². The SMILES string of the molecule is Fc1cc(Cl)cnc1NCCOCC(F)(F)F. The average Bonchev–Trinajstić information content (AvgIpc) is 2.18. The highest BCUT2D eigenvalue weighted by molar-refractivity contribution is 6.30. The minimum absolute atomic E-state index is 0.0155. The van der Waals surface area contributed by atoms with Crippen molar-refractivity contribution in [3.8, 4) is 0 Å². The van der Waals surface area contributed by atoms with E-state index < -0.39 is 18.6 Å². The molecule has 0 aliphatic heterocycles. The van der Waals surface area contributed by atoms with Crippen LogP contribution in [0.5, 0.6) is 0 Å². The highest BCUT2D eigenvalue weighted by Crippen LogP contribution is 2.16. The van der Waals surface area contributed by atoms with Gasteiger partial charge in [0.15, 0.2) is 11.6 Å². The number of nitrogens with one attached hydrogen (secondary N) is 1. The first-order valence-electron chi connectivity index (χ1n) is 4.58. The van der Waals surface area contributed by atoms with Gasteiger partial charge in [0.05, 0.1) is 11.6 Å². The maximum Gasteiger partial charge on any atom is 0.411 e. The Morgan fingerprint density at radius 1 is 1.41 bits per heavy atom. The number of pyridine rings is 1. The molecule has 0 saturated carbocycles. The molecule has 8 heteroatoms. The normalized spacial score (nSPS) is 11.6. The Hall–Kier alpha value is -1.08. The molecule has 1 rings (SSSR count). The van der Waals surface area contributed by atoms with Crippen LogP contribution < -0.4 is 5.32 Å². The number of alkyl halides is 3. The lowest BCUT2D eigenvalue weighted by Gasteiger charge is -2.09. The van der Waals surface area contributed by atoms with Crippen LogP contribution in [0.3, 0.4) is 0 Å². The lowest BCUT2D eigenvalue weighted by Crippen LogP contribution is -2.20. The molecule has 0 unspecified atom stereocenters. The van der Waals surface area contributed by atoms with Crippen molar-refractivity contribution in [2.75, 3.05) is 25.1 Å². The van der Waals surface area contributed by atoms with E-state index in [0.29, 0.717) is 0 Å². The second kappa shape index (κ2) is 6.02. The fourth-order valence-electron chi connectivity index (χ4n) is 0.974. The Morgan fingerprint density at radius 3 is 2.71 bits per heavy atom. The van der Waals surface area contributed by atoms with Gasteiger partial charge in [-0.25, -0.2) is 9.37 Å². The summed E-state index contributed by atoms with van der Waals surface area (Å²) in [6.07, 6.45) is -3.13. The molecule has 1 aromatic rings. The highest BCUT2D eigenvalue weighted by atomic mass is 35.5. The lowest BCUT2D eigenvalue weighted by molar-refractivity contribution is -0.172. The second-order valence-corrected chi connectivity index (χ2v) is 3.51. The first kappa shape index (κ1) is 14.0. The van der Waals surface area contributed by atoms with Gasteiger partial charge < -0.3 is 10.1 Å². The lowest BCUT2D eigenvalue weighted by atomic mass is 10.4. The number of hydrogen-bond donors (Lipinski definition) is 1. The molecule has 0 atom stereocenters. The van der Waals surface area contributed by atoms with Crippen molar-refractivity contribution in [2.45, 2.75) is 6.18 Å². The third kappa shape index (κ3) is 5.69. The van der Waals surface area contributed by atoms with Gasteiger partial charge in [-0.15, -0.1) is 0 Å². The van der Waals surface area contributed by atoms with Crippen LogP contribution in [0.15, 0.2) is 12.3 Å². The smallest absolute Gasteiger partial charge is 0.370 e. The minimum Gasteiger partial charge on any atom is -0.370 e. The van der Waals surface area contributed by atoms with E-state index in [2.05, 4.69) is 15.0 Å². The summed E-state index contributed by atoms with van der Waals surface area (Å²) >= 11 is 5.47. The molecule has 0 fully saturated rings. The summed E-state index contributed by atoms with van der Waals surface area (Å²) in [4.78, 5) is 3.63. The zero-order valence-corrected chi connectivity index (χ0v) is 9.28. The Labute approximate surface area is 99.7 Å². The van der Waals surface area contributed by atoms with Crippen LogP contribution in [0, 0.1) is 5.82 Å². The molecule has 0 aliphatic rings. The standard InChI is InChI=1S/C9H9ClF4N2O/c10-6-3-7(11)8(16-4-6)15-1-2-17-5-9(12,13)14/h3-4H,1-2,5H2,(H,15,16). The van der Waals surface area contributed by atoms with Crippen molar-refractivity contribution in [1.82, 2.24) is 4.98 Å². The Kier molecular flexibility index (Phi) is 4.95. The topological polar surface area (TPSA) is 34.2 Å². The summed E-state index contributed by atoms with van der Waals surface area (Å²) in [5.41, 5.74) is 0. The van der Waals surface area contributed by atoms with Crippen molar-refractivity contribution < 1.29 is 22.3 Å². The molecule has 3 nitrogen and oxygen atoms in total. The molecule has 0 bridgehead atoms. The number of halogens is 5. The van der Waals surface area contributed by atoms with Crippen LogP contribution in [-0.2, 0) is 4.74 Å². The van der Waals surface area contributed by atoms with E-state index >= 15 is 0 Å². The van der Waals surface area contributed by atoms with Crippen LogP contribution in [0.2, 0.25) is 5.02 Å². The van der Waals surface area contributed by atoms with Gasteiger partial charge >= 0.3 is 6.18 Å². The third-order valence-corrected chi connectivity index (χ3v) is 1.82. The van der Waals surface area contributed by atoms with E-state index in [0.717, 1.165) is 6.07 Å². The summed E-state index contributed by atoms with van der Waals surface area (Å²) in [7, 11) is 0. The highest BCUT2D eigenvalue weighted by Gasteiger charge is 2.27. The molecular weight excluding hydrogens is 264 g/mol. The van der Waals surface area contributed by atoms with Crippen LogP contribution in [-0.4, -0.2) is 30.9 Å². The zero-order chi connectivity index (χ0) is 12.9. The Balaban J connectivity index is 2.27. The summed E-state index contributed by atoms with van der Waals surface area (Å²) < 4.78 is 52.5. The summed E-state index contributed by atoms with van der Waals surface area (Å²) in [6.45, 7) is -1.52. The van der Waals surface area contributed by atoms with E-state index in [1.807, 2.05) is 0 Å². The molecule has 96 valence electrons. The summed E-state index contributed by atoms with van der Waals surface area (Å²) in [5, 5.41) is 2.63. The fourth-order valence-corrected chi connectivity index (χ4v) is 1.12. The predicted molar refractivity (Wildman–Crippen MR) is 54.6 cm³/mol. The van der Waals surface area contributed by atoms with E-state index in [-0.39, 0.29) is 24.0 Å². The van der Waals surface area contributed by atoms with Crippen LogP contribution in [0.25, 0.3) is 0 Å². The second-order valence-electron chi connectivity index (χ2n) is 3.08. The van der Waals surface area contributed by atoms with E-state index in [1.54, 1.807) is 0 Å². The number of nitrogens with zero attached hydrogens (tertiary/aromatic N) is 1. The largest absolute Gasteiger partial charge is 0.411 e. The van der Waals surface area contributed by atoms with Gasteiger partial charge in [-0.2, -0.15) is 13.2 Å². The van der Waals surface area contributed by atoms with Gasteiger partial charge in [-0.1, -0.05) is 11.6 Å². The molecule has 0 aliphatic carbocycles. The summed E-state index contributed by atoms with van der Waals surface area (Å²) in [5.74, 6) is -0.752. The van der Waals surface area contributed by atoms with E-state index in [4.69, 9.17) is 11.6 Å². The quantitative estimate of drug-likeness (QED) is 0.661. The molecule has 0 aromatic carbocycles. The number of rotatable bonds is 5. The predicted octanol–water partition coefficient (Wildman–Crippen LogP) is 2.86. The maximum absolute atomic E-state index is 13.1. The number of ether oxygens (including phenoxy) is 1. The van der Waals surface area contributed by atoms with Crippen molar-refractivity contribution >= 4 is 17.4 Å². The Morgan fingerprint density at radius 2 is 2.12 bits per heavy atom. The molecule has 1 aromatic heterocycles. The third-order valence-electron chi connectivity index (χ3n) is 1.61. The molecule has 1 N–H and O–H groups in total. The molecule has 0 spiro atoms. The average molecular weight is 273 g/mol. The van der Waals surface area contributed by atoms with Gasteiger partial charge in [0.2, 0.25) is 0 Å². The van der Waals surface area contributed by atoms with Crippen LogP contribution in [0.4, 0.5) is 23.4 Å². The van der Waals surface area contributed by atoms with E-state index in [9.17, 15) is 17.6 Å². The van der Waals surface area contributed by atoms with Crippen molar-refractivity contribution in [3.05, 3.63) is 23.1 Å². The molecule has 17 heavy (non-hydrogen) atoms. The van der Waals surface area contributed by atoms with Gasteiger partial charge in [0.1, 0.15) is 6.61 Å². The van der Waals surface area contributed by atoms with E-state index in [1.165, 1.54) is 6.20 Å². The van der Waals surface area contributed by atoms with Gasteiger partial charge in [0, 0.05) is 12.7 Å². The molecular formula is C9H9ClF4N2O. The summed E-state index contributed by atoms with van der Waals surface area (Å²) in [6, 6.07) is 1.05.